The highest BCUT2D eigenvalue weighted by Crippen LogP contribution is 2.39. The molecule has 1 aromatic carbocycles. The number of hydrogen-bond acceptors (Lipinski definition) is 3. The molecule has 1 aliphatic rings. The second-order valence-corrected chi connectivity index (χ2v) is 5.25. The van der Waals surface area contributed by atoms with E-state index in [1.165, 1.54) is 0 Å². The van der Waals surface area contributed by atoms with E-state index in [1.807, 2.05) is 19.1 Å². The smallest absolute Gasteiger partial charge is 0.309 e. The van der Waals surface area contributed by atoms with Crippen LogP contribution in [0.5, 0.6) is 11.5 Å². The Kier molecular flexibility index (Phi) is 3.20. The summed E-state index contributed by atoms with van der Waals surface area (Å²) >= 11 is 0. The van der Waals surface area contributed by atoms with Crippen molar-refractivity contribution < 1.29 is 19.4 Å². The lowest BCUT2D eigenvalue weighted by molar-refractivity contribution is -0.146. The van der Waals surface area contributed by atoms with Crippen molar-refractivity contribution in [3.63, 3.8) is 0 Å². The number of ether oxygens (including phenoxy) is 2. The first-order valence-electron chi connectivity index (χ1n) is 6.03. The van der Waals surface area contributed by atoms with E-state index in [2.05, 4.69) is 0 Å². The monoisotopic (exact) mass is 250 g/mol. The van der Waals surface area contributed by atoms with Gasteiger partial charge < -0.3 is 14.6 Å². The Morgan fingerprint density at radius 3 is 2.67 bits per heavy atom. The van der Waals surface area contributed by atoms with Gasteiger partial charge in [-0.25, -0.2) is 0 Å². The third kappa shape index (κ3) is 2.28. The third-order valence-electron chi connectivity index (χ3n) is 3.24. The topological polar surface area (TPSA) is 55.8 Å². The Hall–Kier alpha value is -1.71. The van der Waals surface area contributed by atoms with Crippen LogP contribution in [0.3, 0.4) is 0 Å². The van der Waals surface area contributed by atoms with Gasteiger partial charge in [0.1, 0.15) is 13.2 Å². The number of benzene rings is 1. The van der Waals surface area contributed by atoms with Crippen molar-refractivity contribution in [1.82, 2.24) is 0 Å². The van der Waals surface area contributed by atoms with Crippen LogP contribution in [0.2, 0.25) is 0 Å². The maximum Gasteiger partial charge on any atom is 0.309 e. The van der Waals surface area contributed by atoms with Crippen LogP contribution in [0.1, 0.15) is 25.0 Å². The highest BCUT2D eigenvalue weighted by atomic mass is 16.6. The quantitative estimate of drug-likeness (QED) is 0.895. The normalized spacial score (nSPS) is 14.4. The minimum atomic E-state index is -0.819. The van der Waals surface area contributed by atoms with E-state index in [-0.39, 0.29) is 0 Å². The first kappa shape index (κ1) is 12.7. The SMILES string of the molecule is Cc1ccc2c(c1CC(C)(C)C(=O)O)OCCO2. The maximum absolute atomic E-state index is 11.2. The first-order chi connectivity index (χ1) is 8.42. The van der Waals surface area contributed by atoms with Crippen molar-refractivity contribution in [3.05, 3.63) is 23.3 Å². The maximum atomic E-state index is 11.2. The summed E-state index contributed by atoms with van der Waals surface area (Å²) in [5.74, 6) is 0.606. The molecule has 0 spiro atoms. The zero-order valence-electron chi connectivity index (χ0n) is 10.9. The molecule has 98 valence electrons. The summed E-state index contributed by atoms with van der Waals surface area (Å²) in [6, 6.07) is 3.82. The van der Waals surface area contributed by atoms with Gasteiger partial charge in [-0.1, -0.05) is 6.07 Å². The second kappa shape index (κ2) is 4.52. The zero-order chi connectivity index (χ0) is 13.3. The molecule has 1 N–H and O–H groups in total. The van der Waals surface area contributed by atoms with Gasteiger partial charge in [-0.2, -0.15) is 0 Å². The summed E-state index contributed by atoms with van der Waals surface area (Å²) in [5.41, 5.74) is 1.15. The highest BCUT2D eigenvalue weighted by molar-refractivity contribution is 5.74. The molecule has 0 aliphatic carbocycles. The lowest BCUT2D eigenvalue weighted by atomic mass is 9.84. The van der Waals surface area contributed by atoms with E-state index in [0.29, 0.717) is 31.1 Å². The Morgan fingerprint density at radius 2 is 2.00 bits per heavy atom. The summed E-state index contributed by atoms with van der Waals surface area (Å²) in [5, 5.41) is 9.23. The average molecular weight is 250 g/mol. The average Bonchev–Trinajstić information content (AvgIpc) is 2.32. The number of rotatable bonds is 3. The number of carbonyl (C=O) groups is 1. The molecule has 18 heavy (non-hydrogen) atoms. The van der Waals surface area contributed by atoms with Gasteiger partial charge in [-0.3, -0.25) is 4.79 Å². The molecule has 0 radical (unpaired) electrons. The van der Waals surface area contributed by atoms with E-state index < -0.39 is 11.4 Å². The van der Waals surface area contributed by atoms with E-state index in [4.69, 9.17) is 9.47 Å². The Morgan fingerprint density at radius 1 is 1.33 bits per heavy atom. The fourth-order valence-electron chi connectivity index (χ4n) is 2.01. The number of carboxylic acid groups (broad SMARTS) is 1. The van der Waals surface area contributed by atoms with Gasteiger partial charge in [-0.05, 0) is 38.8 Å². The van der Waals surface area contributed by atoms with Crippen LogP contribution in [0.15, 0.2) is 12.1 Å². The van der Waals surface area contributed by atoms with Crippen molar-refractivity contribution in [2.24, 2.45) is 5.41 Å². The molecule has 4 nitrogen and oxygen atoms in total. The fourth-order valence-corrected chi connectivity index (χ4v) is 2.01. The van der Waals surface area contributed by atoms with Crippen LogP contribution < -0.4 is 9.47 Å². The molecule has 0 saturated carbocycles. The first-order valence-corrected chi connectivity index (χ1v) is 6.03. The fraction of sp³-hybridized carbons (Fsp3) is 0.500. The van der Waals surface area contributed by atoms with Gasteiger partial charge in [0.15, 0.2) is 11.5 Å². The standard InChI is InChI=1S/C14H18O4/c1-9-4-5-11-12(18-7-6-17-11)10(9)8-14(2,3)13(15)16/h4-5H,6-8H2,1-3H3,(H,15,16). The van der Waals surface area contributed by atoms with Crippen LogP contribution in [0.25, 0.3) is 0 Å². The molecular formula is C14H18O4. The van der Waals surface area contributed by atoms with E-state index >= 15 is 0 Å². The van der Waals surface area contributed by atoms with Gasteiger partial charge in [0.25, 0.3) is 0 Å². The van der Waals surface area contributed by atoms with Crippen molar-refractivity contribution in [1.29, 1.82) is 0 Å². The second-order valence-electron chi connectivity index (χ2n) is 5.25. The zero-order valence-corrected chi connectivity index (χ0v) is 10.9. The molecule has 0 atom stereocenters. The minimum Gasteiger partial charge on any atom is -0.486 e. The lowest BCUT2D eigenvalue weighted by Crippen LogP contribution is -2.27. The predicted molar refractivity (Wildman–Crippen MR) is 67.3 cm³/mol. The number of hydrogen-bond donors (Lipinski definition) is 1. The van der Waals surface area contributed by atoms with Crippen LogP contribution in [-0.2, 0) is 11.2 Å². The molecular weight excluding hydrogens is 232 g/mol. The summed E-state index contributed by atoms with van der Waals surface area (Å²) in [6.07, 6.45) is 0.431. The molecule has 0 saturated heterocycles. The van der Waals surface area contributed by atoms with Crippen molar-refractivity contribution >= 4 is 5.97 Å². The van der Waals surface area contributed by atoms with Crippen molar-refractivity contribution in [3.8, 4) is 11.5 Å². The van der Waals surface area contributed by atoms with Crippen LogP contribution >= 0.6 is 0 Å². The number of fused-ring (bicyclic) bond motifs is 1. The third-order valence-corrected chi connectivity index (χ3v) is 3.24. The summed E-state index contributed by atoms with van der Waals surface area (Å²) < 4.78 is 11.2. The lowest BCUT2D eigenvalue weighted by Gasteiger charge is -2.26. The predicted octanol–water partition coefficient (Wildman–Crippen LogP) is 2.42. The molecule has 0 bridgehead atoms. The molecule has 0 unspecified atom stereocenters. The summed E-state index contributed by atoms with van der Waals surface area (Å²) in [7, 11) is 0. The molecule has 0 amide bonds. The minimum absolute atomic E-state index is 0.431. The highest BCUT2D eigenvalue weighted by Gasteiger charge is 2.31. The van der Waals surface area contributed by atoms with E-state index in [0.717, 1.165) is 11.1 Å². The number of aryl methyl sites for hydroxylation is 1. The van der Waals surface area contributed by atoms with Crippen molar-refractivity contribution in [2.45, 2.75) is 27.2 Å². The molecule has 1 heterocycles. The van der Waals surface area contributed by atoms with Gasteiger partial charge >= 0.3 is 5.97 Å². The summed E-state index contributed by atoms with van der Waals surface area (Å²) in [6.45, 7) is 6.45. The van der Waals surface area contributed by atoms with Gasteiger partial charge in [0.05, 0.1) is 5.41 Å². The molecule has 1 aliphatic heterocycles. The van der Waals surface area contributed by atoms with E-state index in [1.54, 1.807) is 13.8 Å². The molecule has 0 aromatic heterocycles. The van der Waals surface area contributed by atoms with Gasteiger partial charge in [0.2, 0.25) is 0 Å². The Balaban J connectivity index is 2.41. The van der Waals surface area contributed by atoms with Gasteiger partial charge in [-0.15, -0.1) is 0 Å². The molecule has 1 aromatic rings. The van der Waals surface area contributed by atoms with Gasteiger partial charge in [0, 0.05) is 5.56 Å². The van der Waals surface area contributed by atoms with Crippen molar-refractivity contribution in [2.75, 3.05) is 13.2 Å². The number of aliphatic carboxylic acids is 1. The van der Waals surface area contributed by atoms with Crippen LogP contribution in [-0.4, -0.2) is 24.3 Å². The summed E-state index contributed by atoms with van der Waals surface area (Å²) in [4.78, 5) is 11.2. The Bertz CT molecular complexity index is 477. The largest absolute Gasteiger partial charge is 0.486 e. The number of carboxylic acids is 1. The molecule has 2 rings (SSSR count). The Labute approximate surface area is 107 Å². The molecule has 4 heteroatoms. The molecule has 0 fully saturated rings. The van der Waals surface area contributed by atoms with Crippen LogP contribution in [0, 0.1) is 12.3 Å². The van der Waals surface area contributed by atoms with E-state index in [9.17, 15) is 9.90 Å². The van der Waals surface area contributed by atoms with Crippen LogP contribution in [0.4, 0.5) is 0 Å².